The van der Waals surface area contributed by atoms with Gasteiger partial charge in [-0.05, 0) is 18.9 Å². The highest BCUT2D eigenvalue weighted by atomic mass is 16.6. The van der Waals surface area contributed by atoms with Crippen molar-refractivity contribution in [3.63, 3.8) is 0 Å². The van der Waals surface area contributed by atoms with Crippen molar-refractivity contribution in [1.82, 2.24) is 5.32 Å². The van der Waals surface area contributed by atoms with Gasteiger partial charge in [0.1, 0.15) is 5.69 Å². The summed E-state index contributed by atoms with van der Waals surface area (Å²) >= 11 is 0. The molecule has 1 rings (SSSR count). The second-order valence-electron chi connectivity index (χ2n) is 4.85. The summed E-state index contributed by atoms with van der Waals surface area (Å²) in [7, 11) is 0. The standard InChI is InChI=1S/C15H23N3O3/c1-3-5-6-11-17-15(19)12-8-7-9-13(18(20)21)14(12)16-10-4-2/h7-9,16H,3-6,10-11H2,1-2H3,(H,17,19). The first-order valence-corrected chi connectivity index (χ1v) is 7.41. The van der Waals surface area contributed by atoms with Crippen molar-refractivity contribution in [2.45, 2.75) is 39.5 Å². The molecule has 6 heteroatoms. The van der Waals surface area contributed by atoms with E-state index in [4.69, 9.17) is 0 Å². The SMILES string of the molecule is CCCCCNC(=O)c1cccc([N+](=O)[O-])c1NCCC. The Labute approximate surface area is 125 Å². The van der Waals surface area contributed by atoms with E-state index in [-0.39, 0.29) is 11.6 Å². The third-order valence-corrected chi connectivity index (χ3v) is 3.10. The van der Waals surface area contributed by atoms with Crippen LogP contribution >= 0.6 is 0 Å². The highest BCUT2D eigenvalue weighted by Gasteiger charge is 2.20. The van der Waals surface area contributed by atoms with Crippen molar-refractivity contribution in [2.24, 2.45) is 0 Å². The molecule has 0 bridgehead atoms. The summed E-state index contributed by atoms with van der Waals surface area (Å²) in [5.41, 5.74) is 0.566. The number of hydrogen-bond acceptors (Lipinski definition) is 4. The largest absolute Gasteiger partial charge is 0.379 e. The molecular weight excluding hydrogens is 270 g/mol. The molecule has 6 nitrogen and oxygen atoms in total. The van der Waals surface area contributed by atoms with Crippen LogP contribution < -0.4 is 10.6 Å². The zero-order chi connectivity index (χ0) is 15.7. The summed E-state index contributed by atoms with van der Waals surface area (Å²) < 4.78 is 0. The fourth-order valence-corrected chi connectivity index (χ4v) is 1.99. The summed E-state index contributed by atoms with van der Waals surface area (Å²) in [5, 5.41) is 16.9. The second kappa shape index (κ2) is 8.94. The monoisotopic (exact) mass is 293 g/mol. The van der Waals surface area contributed by atoms with Crippen LogP contribution in [-0.4, -0.2) is 23.9 Å². The number of anilines is 1. The second-order valence-corrected chi connectivity index (χ2v) is 4.85. The summed E-state index contributed by atoms with van der Waals surface area (Å²) in [5.74, 6) is -0.270. The Hall–Kier alpha value is -2.11. The minimum atomic E-state index is -0.466. The number of nitro groups is 1. The van der Waals surface area contributed by atoms with Gasteiger partial charge in [-0.1, -0.05) is 32.8 Å². The molecule has 2 N–H and O–H groups in total. The predicted octanol–water partition coefficient (Wildman–Crippen LogP) is 3.34. The third kappa shape index (κ3) is 5.06. The lowest BCUT2D eigenvalue weighted by Crippen LogP contribution is -2.25. The number of para-hydroxylation sites is 1. The van der Waals surface area contributed by atoms with Crippen molar-refractivity contribution in [1.29, 1.82) is 0 Å². The van der Waals surface area contributed by atoms with Gasteiger partial charge in [-0.2, -0.15) is 0 Å². The Morgan fingerprint density at radius 3 is 2.57 bits per heavy atom. The van der Waals surface area contributed by atoms with Crippen molar-refractivity contribution in [3.05, 3.63) is 33.9 Å². The summed E-state index contributed by atoms with van der Waals surface area (Å²) in [6, 6.07) is 4.56. The predicted molar refractivity (Wildman–Crippen MR) is 83.7 cm³/mol. The first kappa shape index (κ1) is 16.9. The van der Waals surface area contributed by atoms with Gasteiger partial charge in [0.15, 0.2) is 0 Å². The van der Waals surface area contributed by atoms with Crippen LogP contribution in [0.2, 0.25) is 0 Å². The Morgan fingerprint density at radius 1 is 1.19 bits per heavy atom. The van der Waals surface area contributed by atoms with Gasteiger partial charge in [-0.3, -0.25) is 14.9 Å². The van der Waals surface area contributed by atoms with Gasteiger partial charge in [0.2, 0.25) is 0 Å². The Morgan fingerprint density at radius 2 is 1.95 bits per heavy atom. The molecule has 0 atom stereocenters. The highest BCUT2D eigenvalue weighted by Crippen LogP contribution is 2.28. The zero-order valence-corrected chi connectivity index (χ0v) is 12.6. The van der Waals surface area contributed by atoms with Gasteiger partial charge >= 0.3 is 0 Å². The van der Waals surface area contributed by atoms with E-state index in [0.717, 1.165) is 25.7 Å². The number of carbonyl (C=O) groups excluding carboxylic acids is 1. The van der Waals surface area contributed by atoms with Crippen molar-refractivity contribution >= 4 is 17.3 Å². The van der Waals surface area contributed by atoms with Crippen LogP contribution in [0.3, 0.4) is 0 Å². The first-order chi connectivity index (χ1) is 10.1. The fourth-order valence-electron chi connectivity index (χ4n) is 1.99. The van der Waals surface area contributed by atoms with Crippen LogP contribution in [0.25, 0.3) is 0 Å². The topological polar surface area (TPSA) is 84.3 Å². The maximum absolute atomic E-state index is 12.2. The van der Waals surface area contributed by atoms with Gasteiger partial charge in [-0.25, -0.2) is 0 Å². The van der Waals surface area contributed by atoms with Crippen LogP contribution in [-0.2, 0) is 0 Å². The molecule has 0 saturated carbocycles. The number of nitrogens with zero attached hydrogens (tertiary/aromatic N) is 1. The van der Waals surface area contributed by atoms with Crippen LogP contribution in [0.15, 0.2) is 18.2 Å². The number of nitro benzene ring substituents is 1. The maximum Gasteiger partial charge on any atom is 0.293 e. The molecule has 1 aromatic rings. The molecule has 0 saturated heterocycles. The normalized spacial score (nSPS) is 10.2. The highest BCUT2D eigenvalue weighted by molar-refractivity contribution is 6.01. The molecule has 0 aliphatic heterocycles. The first-order valence-electron chi connectivity index (χ1n) is 7.41. The van der Waals surface area contributed by atoms with E-state index in [1.165, 1.54) is 12.1 Å². The number of unbranched alkanes of at least 4 members (excludes halogenated alkanes) is 2. The quantitative estimate of drug-likeness (QED) is 0.415. The van der Waals surface area contributed by atoms with Crippen LogP contribution in [0.4, 0.5) is 11.4 Å². The Kier molecular flexibility index (Phi) is 7.21. The number of nitrogens with one attached hydrogen (secondary N) is 2. The number of rotatable bonds is 9. The average molecular weight is 293 g/mol. The van der Waals surface area contributed by atoms with Gasteiger partial charge in [-0.15, -0.1) is 0 Å². The molecule has 116 valence electrons. The Bertz CT molecular complexity index is 489. The molecule has 0 aromatic heterocycles. The van der Waals surface area contributed by atoms with Crippen LogP contribution in [0.5, 0.6) is 0 Å². The molecule has 0 unspecified atom stereocenters. The lowest BCUT2D eigenvalue weighted by Gasteiger charge is -2.12. The van der Waals surface area contributed by atoms with Crippen LogP contribution in [0, 0.1) is 10.1 Å². The lowest BCUT2D eigenvalue weighted by atomic mass is 10.1. The molecule has 0 fully saturated rings. The average Bonchev–Trinajstić information content (AvgIpc) is 2.48. The van der Waals surface area contributed by atoms with E-state index >= 15 is 0 Å². The van der Waals surface area contributed by atoms with Crippen molar-refractivity contribution in [2.75, 3.05) is 18.4 Å². The molecule has 0 spiro atoms. The van der Waals surface area contributed by atoms with Gasteiger partial charge < -0.3 is 10.6 Å². The van der Waals surface area contributed by atoms with E-state index in [1.807, 2.05) is 6.92 Å². The van der Waals surface area contributed by atoms with E-state index in [9.17, 15) is 14.9 Å². The van der Waals surface area contributed by atoms with Crippen molar-refractivity contribution < 1.29 is 9.72 Å². The molecule has 0 radical (unpaired) electrons. The van der Waals surface area contributed by atoms with Gasteiger partial charge in [0, 0.05) is 19.2 Å². The fraction of sp³-hybridized carbons (Fsp3) is 0.533. The van der Waals surface area contributed by atoms with E-state index in [2.05, 4.69) is 17.6 Å². The number of amides is 1. The minimum absolute atomic E-state index is 0.0651. The molecular formula is C15H23N3O3. The molecule has 0 heterocycles. The van der Waals surface area contributed by atoms with Crippen LogP contribution in [0.1, 0.15) is 49.9 Å². The minimum Gasteiger partial charge on any atom is -0.379 e. The Balaban J connectivity index is 2.90. The van der Waals surface area contributed by atoms with E-state index in [0.29, 0.717) is 24.3 Å². The van der Waals surface area contributed by atoms with E-state index in [1.54, 1.807) is 6.07 Å². The molecule has 1 amide bonds. The summed E-state index contributed by atoms with van der Waals surface area (Å²) in [6.07, 6.45) is 3.87. The number of carbonyl (C=O) groups is 1. The summed E-state index contributed by atoms with van der Waals surface area (Å²) in [4.78, 5) is 22.8. The van der Waals surface area contributed by atoms with Crippen molar-refractivity contribution in [3.8, 4) is 0 Å². The van der Waals surface area contributed by atoms with Gasteiger partial charge in [0.05, 0.1) is 10.5 Å². The third-order valence-electron chi connectivity index (χ3n) is 3.10. The smallest absolute Gasteiger partial charge is 0.293 e. The van der Waals surface area contributed by atoms with Gasteiger partial charge in [0.25, 0.3) is 11.6 Å². The number of hydrogen-bond donors (Lipinski definition) is 2. The molecule has 1 aromatic carbocycles. The number of benzene rings is 1. The molecule has 21 heavy (non-hydrogen) atoms. The lowest BCUT2D eigenvalue weighted by molar-refractivity contribution is -0.384. The molecule has 0 aliphatic carbocycles. The maximum atomic E-state index is 12.2. The van der Waals surface area contributed by atoms with E-state index < -0.39 is 4.92 Å². The summed E-state index contributed by atoms with van der Waals surface area (Å²) in [6.45, 7) is 5.23. The zero-order valence-electron chi connectivity index (χ0n) is 12.6. The molecule has 0 aliphatic rings.